The van der Waals surface area contributed by atoms with Crippen molar-refractivity contribution in [2.45, 2.75) is 26.8 Å². The van der Waals surface area contributed by atoms with Crippen LogP contribution in [0.15, 0.2) is 41.2 Å². The van der Waals surface area contributed by atoms with Crippen LogP contribution in [0.3, 0.4) is 0 Å². The summed E-state index contributed by atoms with van der Waals surface area (Å²) < 4.78 is 1.52. The predicted octanol–water partition coefficient (Wildman–Crippen LogP) is 0.795. The molecule has 0 saturated heterocycles. The fourth-order valence-electron chi connectivity index (χ4n) is 2.15. The highest BCUT2D eigenvalue weighted by Crippen LogP contribution is 2.07. The Morgan fingerprint density at radius 1 is 1.21 bits per heavy atom. The highest BCUT2D eigenvalue weighted by Gasteiger charge is 2.16. The van der Waals surface area contributed by atoms with Gasteiger partial charge in [-0.25, -0.2) is 4.68 Å². The van der Waals surface area contributed by atoms with Gasteiger partial charge in [-0.15, -0.1) is 0 Å². The largest absolute Gasteiger partial charge is 0.352 e. The number of aryl methyl sites for hydroxylation is 1. The van der Waals surface area contributed by atoms with Crippen LogP contribution in [0.5, 0.6) is 0 Å². The first-order chi connectivity index (χ1) is 11.4. The fourth-order valence-corrected chi connectivity index (χ4v) is 2.15. The van der Waals surface area contributed by atoms with Gasteiger partial charge in [0.1, 0.15) is 0 Å². The number of amides is 2. The van der Waals surface area contributed by atoms with Crippen molar-refractivity contribution in [3.63, 3.8) is 0 Å². The average Bonchev–Trinajstić information content (AvgIpc) is 2.53. The lowest BCUT2D eigenvalue weighted by molar-refractivity contribution is -0.120. The third-order valence-corrected chi connectivity index (χ3v) is 3.18. The Kier molecular flexibility index (Phi) is 5.47. The van der Waals surface area contributed by atoms with Crippen molar-refractivity contribution in [3.05, 3.63) is 58.0 Å². The third-order valence-electron chi connectivity index (χ3n) is 3.18. The number of benzene rings is 1. The van der Waals surface area contributed by atoms with Gasteiger partial charge in [-0.2, -0.15) is 5.10 Å². The van der Waals surface area contributed by atoms with E-state index in [9.17, 15) is 14.4 Å². The summed E-state index contributed by atoms with van der Waals surface area (Å²) in [4.78, 5) is 35.8. The molecule has 126 valence electrons. The van der Waals surface area contributed by atoms with Crippen LogP contribution < -0.4 is 16.1 Å². The molecule has 0 aliphatic carbocycles. The third kappa shape index (κ3) is 4.28. The summed E-state index contributed by atoms with van der Waals surface area (Å²) in [6, 6.07) is 10.5. The van der Waals surface area contributed by atoms with Crippen LogP contribution in [-0.4, -0.2) is 34.2 Å². The lowest BCUT2D eigenvalue weighted by Crippen LogP contribution is -2.41. The number of para-hydroxylation sites is 1. The van der Waals surface area contributed by atoms with Gasteiger partial charge in [0.2, 0.25) is 11.3 Å². The topological polar surface area (TPSA) is 93.1 Å². The summed E-state index contributed by atoms with van der Waals surface area (Å²) in [5, 5.41) is 9.21. The molecule has 1 aromatic heterocycles. The molecule has 0 atom stereocenters. The van der Waals surface area contributed by atoms with E-state index in [1.165, 1.54) is 10.7 Å². The molecule has 0 radical (unpaired) electrons. The smallest absolute Gasteiger partial charge is 0.276 e. The molecular formula is C17H20N4O3. The van der Waals surface area contributed by atoms with E-state index in [4.69, 9.17) is 0 Å². The van der Waals surface area contributed by atoms with Crippen molar-refractivity contribution < 1.29 is 9.59 Å². The molecule has 2 N–H and O–H groups in total. The van der Waals surface area contributed by atoms with Crippen molar-refractivity contribution in [2.75, 3.05) is 6.54 Å². The zero-order valence-corrected chi connectivity index (χ0v) is 13.9. The quantitative estimate of drug-likeness (QED) is 0.849. The maximum atomic E-state index is 12.2. The van der Waals surface area contributed by atoms with Crippen molar-refractivity contribution in [1.29, 1.82) is 0 Å². The molecule has 0 bridgehead atoms. The highest BCUT2D eigenvalue weighted by molar-refractivity contribution is 5.94. The molecule has 0 fully saturated rings. The van der Waals surface area contributed by atoms with E-state index < -0.39 is 11.3 Å². The number of nitrogens with one attached hydrogen (secondary N) is 2. The molecule has 2 rings (SSSR count). The second-order valence-electron chi connectivity index (χ2n) is 5.65. The van der Waals surface area contributed by atoms with Gasteiger partial charge in [-0.3, -0.25) is 14.4 Å². The van der Waals surface area contributed by atoms with Crippen molar-refractivity contribution >= 4 is 11.8 Å². The van der Waals surface area contributed by atoms with Crippen LogP contribution in [0.25, 0.3) is 5.69 Å². The second-order valence-corrected chi connectivity index (χ2v) is 5.65. The van der Waals surface area contributed by atoms with Gasteiger partial charge in [-0.05, 0) is 32.9 Å². The maximum absolute atomic E-state index is 12.2. The van der Waals surface area contributed by atoms with Crippen LogP contribution in [0.1, 0.15) is 30.0 Å². The van der Waals surface area contributed by atoms with E-state index >= 15 is 0 Å². The van der Waals surface area contributed by atoms with Crippen LogP contribution in [0.2, 0.25) is 0 Å². The molecule has 1 heterocycles. The molecule has 1 aromatic carbocycles. The van der Waals surface area contributed by atoms with Gasteiger partial charge in [0.05, 0.1) is 12.2 Å². The Hall–Kier alpha value is -2.96. The number of carbonyl (C=O) groups excluding carboxylic acids is 2. The van der Waals surface area contributed by atoms with Crippen molar-refractivity contribution in [2.24, 2.45) is 0 Å². The Balaban J connectivity index is 2.22. The number of hydrogen-bond acceptors (Lipinski definition) is 4. The summed E-state index contributed by atoms with van der Waals surface area (Å²) in [7, 11) is 0. The minimum Gasteiger partial charge on any atom is -0.352 e. The molecule has 0 spiro atoms. The first-order valence-corrected chi connectivity index (χ1v) is 7.62. The first-order valence-electron chi connectivity index (χ1n) is 7.62. The lowest BCUT2D eigenvalue weighted by atomic mass is 10.2. The molecule has 7 heteroatoms. The van der Waals surface area contributed by atoms with Crippen LogP contribution in [0.4, 0.5) is 0 Å². The molecule has 24 heavy (non-hydrogen) atoms. The Morgan fingerprint density at radius 3 is 2.50 bits per heavy atom. The van der Waals surface area contributed by atoms with E-state index in [0.29, 0.717) is 5.69 Å². The molecule has 2 aromatic rings. The summed E-state index contributed by atoms with van der Waals surface area (Å²) in [6.45, 7) is 5.16. The standard InChI is InChI=1S/C17H20N4O3/c1-11(2)19-15(23)10-18-17(24)16-14(22)9-12(3)21(20-16)13-7-5-4-6-8-13/h4-9,11H,10H2,1-3H3,(H,18,24)(H,19,23). The minimum absolute atomic E-state index is 0.0257. The lowest BCUT2D eigenvalue weighted by Gasteiger charge is -2.12. The van der Waals surface area contributed by atoms with Gasteiger partial charge in [0, 0.05) is 17.8 Å². The van der Waals surface area contributed by atoms with Gasteiger partial charge >= 0.3 is 0 Å². The number of rotatable bonds is 5. The zero-order valence-electron chi connectivity index (χ0n) is 13.9. The second kappa shape index (κ2) is 7.54. The van der Waals surface area contributed by atoms with E-state index in [2.05, 4.69) is 15.7 Å². The molecule has 0 unspecified atom stereocenters. The molecular weight excluding hydrogens is 308 g/mol. The Bertz CT molecular complexity index is 797. The molecule has 0 aliphatic rings. The first kappa shape index (κ1) is 17.4. The van der Waals surface area contributed by atoms with Gasteiger partial charge in [0.25, 0.3) is 5.91 Å². The molecule has 0 saturated carbocycles. The SMILES string of the molecule is Cc1cc(=O)c(C(=O)NCC(=O)NC(C)C)nn1-c1ccccc1. The van der Waals surface area contributed by atoms with Crippen molar-refractivity contribution in [3.8, 4) is 5.69 Å². The number of nitrogens with zero attached hydrogens (tertiary/aromatic N) is 2. The molecule has 7 nitrogen and oxygen atoms in total. The van der Waals surface area contributed by atoms with Crippen LogP contribution in [-0.2, 0) is 4.79 Å². The Morgan fingerprint density at radius 2 is 1.88 bits per heavy atom. The van der Waals surface area contributed by atoms with E-state index in [-0.39, 0.29) is 24.2 Å². The average molecular weight is 328 g/mol. The number of hydrogen-bond donors (Lipinski definition) is 2. The molecule has 2 amide bonds. The number of carbonyl (C=O) groups is 2. The van der Waals surface area contributed by atoms with Gasteiger partial charge in [0.15, 0.2) is 5.69 Å². The van der Waals surface area contributed by atoms with E-state index in [1.54, 1.807) is 6.92 Å². The number of aromatic nitrogens is 2. The van der Waals surface area contributed by atoms with Gasteiger partial charge in [-0.1, -0.05) is 18.2 Å². The highest BCUT2D eigenvalue weighted by atomic mass is 16.2. The minimum atomic E-state index is -0.677. The monoisotopic (exact) mass is 328 g/mol. The maximum Gasteiger partial charge on any atom is 0.276 e. The predicted molar refractivity (Wildman–Crippen MR) is 90.2 cm³/mol. The van der Waals surface area contributed by atoms with Crippen LogP contribution in [0, 0.1) is 6.92 Å². The fraction of sp³-hybridized carbons (Fsp3) is 0.294. The summed E-state index contributed by atoms with van der Waals surface area (Å²) in [6.07, 6.45) is 0. The van der Waals surface area contributed by atoms with Gasteiger partial charge < -0.3 is 10.6 Å². The van der Waals surface area contributed by atoms with E-state index in [1.807, 2.05) is 44.2 Å². The summed E-state index contributed by atoms with van der Waals surface area (Å²) >= 11 is 0. The normalized spacial score (nSPS) is 10.5. The summed E-state index contributed by atoms with van der Waals surface area (Å²) in [5.41, 5.74) is 0.616. The zero-order chi connectivity index (χ0) is 17.7. The molecule has 0 aliphatic heterocycles. The van der Waals surface area contributed by atoms with E-state index in [0.717, 1.165) is 5.69 Å². The summed E-state index contributed by atoms with van der Waals surface area (Å²) in [5.74, 6) is -1.00. The van der Waals surface area contributed by atoms with Crippen molar-refractivity contribution in [1.82, 2.24) is 20.4 Å². The van der Waals surface area contributed by atoms with Crippen LogP contribution >= 0.6 is 0 Å². The Labute approximate surface area is 139 Å².